The highest BCUT2D eigenvalue weighted by Crippen LogP contribution is 2.29. The molecular weight excluding hydrogens is 222 g/mol. The molecule has 1 aromatic carbocycles. The summed E-state index contributed by atoms with van der Waals surface area (Å²) >= 11 is 1.58. The maximum atomic E-state index is 11.4. The second kappa shape index (κ2) is 4.45. The van der Waals surface area contributed by atoms with Crippen molar-refractivity contribution in [2.24, 2.45) is 0 Å². The highest BCUT2D eigenvalue weighted by atomic mass is 32.1. The fraction of sp³-hybridized carbons (Fsp3) is 0.167. The fourth-order valence-corrected chi connectivity index (χ4v) is 2.39. The molecule has 0 bridgehead atoms. The second-order valence-electron chi connectivity index (χ2n) is 3.57. The summed E-state index contributed by atoms with van der Waals surface area (Å²) in [6.07, 6.45) is -0.0653. The van der Waals surface area contributed by atoms with E-state index in [1.165, 1.54) is 6.92 Å². The van der Waals surface area contributed by atoms with Crippen molar-refractivity contribution in [2.45, 2.75) is 13.3 Å². The molecule has 0 unspecified atom stereocenters. The van der Waals surface area contributed by atoms with Gasteiger partial charge in [0.1, 0.15) is 5.78 Å². The summed E-state index contributed by atoms with van der Waals surface area (Å²) in [4.78, 5) is 22.2. The number of anilines is 1. The first-order valence-corrected chi connectivity index (χ1v) is 5.80. The lowest BCUT2D eigenvalue weighted by Crippen LogP contribution is -2.14. The van der Waals surface area contributed by atoms with Gasteiger partial charge in [0.25, 0.3) is 0 Å². The first-order chi connectivity index (χ1) is 7.66. The van der Waals surface area contributed by atoms with Gasteiger partial charge in [-0.3, -0.25) is 9.59 Å². The van der Waals surface area contributed by atoms with Crippen molar-refractivity contribution in [3.05, 3.63) is 29.6 Å². The second-order valence-corrected chi connectivity index (χ2v) is 4.48. The molecule has 0 radical (unpaired) electrons. The molecule has 0 aliphatic carbocycles. The number of hydrogen-bond donors (Lipinski definition) is 1. The average Bonchev–Trinajstić information content (AvgIpc) is 2.61. The number of amides is 1. The SMILES string of the molecule is CC(=O)CC(=O)Nc1csc2ccccc12. The molecule has 1 aromatic heterocycles. The molecular formula is C12H11NO2S. The van der Waals surface area contributed by atoms with E-state index < -0.39 is 0 Å². The van der Waals surface area contributed by atoms with Gasteiger partial charge in [0.05, 0.1) is 12.1 Å². The van der Waals surface area contributed by atoms with Crippen LogP contribution < -0.4 is 5.32 Å². The molecule has 1 heterocycles. The van der Waals surface area contributed by atoms with Gasteiger partial charge in [-0.2, -0.15) is 0 Å². The zero-order chi connectivity index (χ0) is 11.5. The Balaban J connectivity index is 2.21. The largest absolute Gasteiger partial charge is 0.324 e. The Morgan fingerprint density at radius 1 is 1.31 bits per heavy atom. The first-order valence-electron chi connectivity index (χ1n) is 4.92. The third-order valence-corrected chi connectivity index (χ3v) is 3.13. The molecule has 0 aliphatic heterocycles. The topological polar surface area (TPSA) is 46.2 Å². The highest BCUT2D eigenvalue weighted by Gasteiger charge is 2.08. The van der Waals surface area contributed by atoms with E-state index in [0.29, 0.717) is 0 Å². The lowest BCUT2D eigenvalue weighted by atomic mass is 10.2. The van der Waals surface area contributed by atoms with Crippen LogP contribution in [0.4, 0.5) is 5.69 Å². The molecule has 0 spiro atoms. The van der Waals surface area contributed by atoms with Crippen LogP contribution in [-0.2, 0) is 9.59 Å². The zero-order valence-electron chi connectivity index (χ0n) is 8.82. The van der Waals surface area contributed by atoms with E-state index in [-0.39, 0.29) is 18.1 Å². The van der Waals surface area contributed by atoms with Gasteiger partial charge in [0, 0.05) is 15.5 Å². The Labute approximate surface area is 97.1 Å². The minimum atomic E-state index is -0.254. The number of fused-ring (bicyclic) bond motifs is 1. The molecule has 1 N–H and O–H groups in total. The third-order valence-electron chi connectivity index (χ3n) is 2.16. The molecule has 0 aliphatic rings. The number of Topliss-reactive ketones (excluding diaryl/α,β-unsaturated/α-hetero) is 1. The molecule has 1 amide bonds. The lowest BCUT2D eigenvalue weighted by molar-refractivity contribution is -0.124. The van der Waals surface area contributed by atoms with Crippen LogP contribution in [0.3, 0.4) is 0 Å². The van der Waals surface area contributed by atoms with Crippen molar-refractivity contribution >= 4 is 38.8 Å². The van der Waals surface area contributed by atoms with E-state index in [2.05, 4.69) is 5.32 Å². The van der Waals surface area contributed by atoms with Crippen LogP contribution in [0.1, 0.15) is 13.3 Å². The van der Waals surface area contributed by atoms with Crippen molar-refractivity contribution in [2.75, 3.05) is 5.32 Å². The van der Waals surface area contributed by atoms with Crippen molar-refractivity contribution in [1.82, 2.24) is 0 Å². The van der Waals surface area contributed by atoms with E-state index in [1.807, 2.05) is 29.6 Å². The molecule has 2 rings (SSSR count). The number of carbonyl (C=O) groups excluding carboxylic acids is 2. The van der Waals surface area contributed by atoms with E-state index >= 15 is 0 Å². The number of rotatable bonds is 3. The summed E-state index contributed by atoms with van der Waals surface area (Å²) < 4.78 is 1.13. The Morgan fingerprint density at radius 3 is 2.81 bits per heavy atom. The predicted octanol–water partition coefficient (Wildman–Crippen LogP) is 2.82. The van der Waals surface area contributed by atoms with Gasteiger partial charge in [-0.15, -0.1) is 11.3 Å². The fourth-order valence-electron chi connectivity index (χ4n) is 1.50. The van der Waals surface area contributed by atoms with Crippen LogP contribution in [0.15, 0.2) is 29.6 Å². The molecule has 2 aromatic rings. The number of hydrogen-bond acceptors (Lipinski definition) is 3. The van der Waals surface area contributed by atoms with E-state index in [0.717, 1.165) is 15.8 Å². The number of benzene rings is 1. The molecule has 0 saturated carbocycles. The summed E-state index contributed by atoms with van der Waals surface area (Å²) in [6.45, 7) is 1.41. The van der Waals surface area contributed by atoms with Gasteiger partial charge in [-0.1, -0.05) is 18.2 Å². The van der Waals surface area contributed by atoms with Gasteiger partial charge in [-0.25, -0.2) is 0 Å². The van der Waals surface area contributed by atoms with E-state index in [1.54, 1.807) is 11.3 Å². The minimum absolute atomic E-state index is 0.0653. The Bertz CT molecular complexity index is 545. The Hall–Kier alpha value is -1.68. The minimum Gasteiger partial charge on any atom is -0.324 e. The van der Waals surface area contributed by atoms with Crippen LogP contribution in [0, 0.1) is 0 Å². The van der Waals surface area contributed by atoms with Crippen LogP contribution in [-0.4, -0.2) is 11.7 Å². The number of carbonyl (C=O) groups is 2. The smallest absolute Gasteiger partial charge is 0.231 e. The van der Waals surface area contributed by atoms with Crippen LogP contribution >= 0.6 is 11.3 Å². The van der Waals surface area contributed by atoms with Crippen molar-refractivity contribution in [3.8, 4) is 0 Å². The average molecular weight is 233 g/mol. The predicted molar refractivity (Wildman–Crippen MR) is 65.8 cm³/mol. The van der Waals surface area contributed by atoms with Gasteiger partial charge < -0.3 is 5.32 Å². The lowest BCUT2D eigenvalue weighted by Gasteiger charge is -2.01. The normalized spacial score (nSPS) is 10.3. The standard InChI is InChI=1S/C12H11NO2S/c1-8(14)6-12(15)13-10-7-16-11-5-3-2-4-9(10)11/h2-5,7H,6H2,1H3,(H,13,15). The Kier molecular flexibility index (Phi) is 3.01. The summed E-state index contributed by atoms with van der Waals surface area (Å²) in [5.41, 5.74) is 0.784. The quantitative estimate of drug-likeness (QED) is 0.828. The summed E-state index contributed by atoms with van der Waals surface area (Å²) in [5, 5.41) is 5.66. The van der Waals surface area contributed by atoms with Gasteiger partial charge in [0.15, 0.2) is 0 Å². The molecule has 16 heavy (non-hydrogen) atoms. The van der Waals surface area contributed by atoms with E-state index in [9.17, 15) is 9.59 Å². The van der Waals surface area contributed by atoms with Crippen molar-refractivity contribution in [1.29, 1.82) is 0 Å². The van der Waals surface area contributed by atoms with Crippen LogP contribution in [0.25, 0.3) is 10.1 Å². The molecule has 0 fully saturated rings. The van der Waals surface area contributed by atoms with Crippen molar-refractivity contribution < 1.29 is 9.59 Å². The number of ketones is 1. The van der Waals surface area contributed by atoms with Crippen LogP contribution in [0.5, 0.6) is 0 Å². The third kappa shape index (κ3) is 2.28. The van der Waals surface area contributed by atoms with Crippen molar-refractivity contribution in [3.63, 3.8) is 0 Å². The molecule has 0 saturated heterocycles. The Morgan fingerprint density at radius 2 is 2.06 bits per heavy atom. The summed E-state index contributed by atoms with van der Waals surface area (Å²) in [5.74, 6) is -0.381. The zero-order valence-corrected chi connectivity index (χ0v) is 9.64. The van der Waals surface area contributed by atoms with Gasteiger partial charge >= 0.3 is 0 Å². The molecule has 4 heteroatoms. The maximum Gasteiger partial charge on any atom is 0.231 e. The summed E-state index contributed by atoms with van der Waals surface area (Å²) in [7, 11) is 0. The van der Waals surface area contributed by atoms with Crippen LogP contribution in [0.2, 0.25) is 0 Å². The number of thiophene rings is 1. The molecule has 82 valence electrons. The first kappa shape index (κ1) is 10.8. The van der Waals surface area contributed by atoms with E-state index in [4.69, 9.17) is 0 Å². The highest BCUT2D eigenvalue weighted by molar-refractivity contribution is 7.17. The van der Waals surface area contributed by atoms with Gasteiger partial charge in [-0.05, 0) is 13.0 Å². The number of nitrogens with one attached hydrogen (secondary N) is 1. The molecule has 0 atom stereocenters. The summed E-state index contributed by atoms with van der Waals surface area (Å²) in [6, 6.07) is 7.84. The molecule has 3 nitrogen and oxygen atoms in total. The monoisotopic (exact) mass is 233 g/mol. The maximum absolute atomic E-state index is 11.4. The van der Waals surface area contributed by atoms with Gasteiger partial charge in [0.2, 0.25) is 5.91 Å².